The molecule has 0 saturated heterocycles. The van der Waals surface area contributed by atoms with Crippen LogP contribution in [-0.2, 0) is 11.3 Å². The van der Waals surface area contributed by atoms with Crippen LogP contribution in [0.1, 0.15) is 25.3 Å². The summed E-state index contributed by atoms with van der Waals surface area (Å²) in [5, 5.41) is 0. The maximum absolute atomic E-state index is 5.53. The summed E-state index contributed by atoms with van der Waals surface area (Å²) in [6.45, 7) is 3.80. The third-order valence-electron chi connectivity index (χ3n) is 2.07. The third kappa shape index (κ3) is 4.16. The van der Waals surface area contributed by atoms with Gasteiger partial charge in [0.1, 0.15) is 0 Å². The molecule has 0 fully saturated rings. The molecule has 0 unspecified atom stereocenters. The van der Waals surface area contributed by atoms with Crippen molar-refractivity contribution in [1.29, 1.82) is 0 Å². The molecule has 1 nitrogen and oxygen atoms in total. The lowest BCUT2D eigenvalue weighted by molar-refractivity contribution is 0.118. The first kappa shape index (κ1) is 11.6. The Bertz CT molecular complexity index is 243. The largest absolute Gasteiger partial charge is 0.377 e. The van der Waals surface area contributed by atoms with Crippen LogP contribution in [-0.4, -0.2) is 12.9 Å². The Hall–Kier alpha value is -0.470. The van der Waals surface area contributed by atoms with Gasteiger partial charge in [0.15, 0.2) is 0 Å². The number of benzene rings is 1. The molecule has 0 heterocycles. The first-order valence-corrected chi connectivity index (χ1v) is 6.30. The Morgan fingerprint density at radius 2 is 1.93 bits per heavy atom. The van der Waals surface area contributed by atoms with Crippen LogP contribution < -0.4 is 0 Å². The predicted octanol–water partition coefficient (Wildman–Crippen LogP) is 3.73. The van der Waals surface area contributed by atoms with Crippen molar-refractivity contribution in [3.05, 3.63) is 29.8 Å². The minimum Gasteiger partial charge on any atom is -0.377 e. The maximum Gasteiger partial charge on any atom is 0.0716 e. The lowest BCUT2D eigenvalue weighted by Gasteiger charge is -2.04. The summed E-state index contributed by atoms with van der Waals surface area (Å²) in [5.74, 6) is 0. The molecule has 0 saturated carbocycles. The molecule has 1 aromatic rings. The van der Waals surface area contributed by atoms with E-state index in [1.807, 2.05) is 0 Å². The quantitative estimate of drug-likeness (QED) is 0.522. The number of hydrogen-bond acceptors (Lipinski definition) is 2. The second-order valence-electron chi connectivity index (χ2n) is 3.25. The van der Waals surface area contributed by atoms with Crippen LogP contribution in [0.5, 0.6) is 0 Å². The zero-order valence-electron chi connectivity index (χ0n) is 8.95. The van der Waals surface area contributed by atoms with Gasteiger partial charge in [-0.25, -0.2) is 0 Å². The van der Waals surface area contributed by atoms with Gasteiger partial charge in [-0.3, -0.25) is 0 Å². The summed E-state index contributed by atoms with van der Waals surface area (Å²) in [5.41, 5.74) is 1.26. The normalized spacial score (nSPS) is 10.4. The molecule has 2 heteroatoms. The highest BCUT2D eigenvalue weighted by atomic mass is 32.2. The van der Waals surface area contributed by atoms with Crippen LogP contribution in [0.4, 0.5) is 0 Å². The minimum absolute atomic E-state index is 0.745. The number of thioether (sulfide) groups is 1. The van der Waals surface area contributed by atoms with Crippen LogP contribution in [0, 0.1) is 0 Å². The van der Waals surface area contributed by atoms with Crippen LogP contribution in [0.25, 0.3) is 0 Å². The summed E-state index contributed by atoms with van der Waals surface area (Å²) in [6.07, 6.45) is 4.45. The highest BCUT2D eigenvalue weighted by Crippen LogP contribution is 2.15. The number of rotatable bonds is 6. The molecule has 0 aliphatic carbocycles. The second-order valence-corrected chi connectivity index (χ2v) is 4.13. The van der Waals surface area contributed by atoms with Crippen molar-refractivity contribution < 1.29 is 4.74 Å². The lowest BCUT2D eigenvalue weighted by Crippen LogP contribution is -1.94. The van der Waals surface area contributed by atoms with Crippen molar-refractivity contribution >= 4 is 11.8 Å². The molecule has 0 N–H and O–H groups in total. The van der Waals surface area contributed by atoms with E-state index in [0.717, 1.165) is 19.6 Å². The molecule has 0 spiro atoms. The van der Waals surface area contributed by atoms with E-state index in [0.29, 0.717) is 0 Å². The van der Waals surface area contributed by atoms with Crippen LogP contribution in [0.2, 0.25) is 0 Å². The van der Waals surface area contributed by atoms with Gasteiger partial charge in [-0.2, -0.15) is 0 Å². The van der Waals surface area contributed by atoms with E-state index >= 15 is 0 Å². The Balaban J connectivity index is 2.29. The smallest absolute Gasteiger partial charge is 0.0716 e. The van der Waals surface area contributed by atoms with Crippen LogP contribution in [0.15, 0.2) is 29.2 Å². The van der Waals surface area contributed by atoms with Gasteiger partial charge in [0.2, 0.25) is 0 Å². The van der Waals surface area contributed by atoms with E-state index in [2.05, 4.69) is 37.4 Å². The molecule has 0 aliphatic heterocycles. The third-order valence-corrected chi connectivity index (χ3v) is 2.81. The molecule has 0 aromatic heterocycles. The van der Waals surface area contributed by atoms with Crippen molar-refractivity contribution in [3.63, 3.8) is 0 Å². The fourth-order valence-corrected chi connectivity index (χ4v) is 1.57. The standard InChI is InChI=1S/C12H18OS/c1-3-4-9-13-10-11-5-7-12(14-2)8-6-11/h5-8H,3-4,9-10H2,1-2H3. The van der Waals surface area contributed by atoms with Crippen molar-refractivity contribution in [2.75, 3.05) is 12.9 Å². The number of unbranched alkanes of at least 4 members (excludes halogenated alkanes) is 1. The SMILES string of the molecule is CCCCOCc1ccc(SC)cc1. The molecule has 0 atom stereocenters. The van der Waals surface area contributed by atoms with Crippen molar-refractivity contribution in [1.82, 2.24) is 0 Å². The van der Waals surface area contributed by atoms with Gasteiger partial charge >= 0.3 is 0 Å². The summed E-state index contributed by atoms with van der Waals surface area (Å²) in [4.78, 5) is 1.31. The average Bonchev–Trinajstić information content (AvgIpc) is 2.25. The van der Waals surface area contributed by atoms with Gasteiger partial charge in [-0.15, -0.1) is 11.8 Å². The van der Waals surface area contributed by atoms with E-state index in [1.54, 1.807) is 11.8 Å². The van der Waals surface area contributed by atoms with E-state index in [9.17, 15) is 0 Å². The van der Waals surface area contributed by atoms with E-state index in [1.165, 1.54) is 16.9 Å². The zero-order valence-corrected chi connectivity index (χ0v) is 9.77. The molecule has 0 amide bonds. The average molecular weight is 210 g/mol. The number of hydrogen-bond donors (Lipinski definition) is 0. The van der Waals surface area contributed by atoms with Crippen molar-refractivity contribution in [3.8, 4) is 0 Å². The topological polar surface area (TPSA) is 9.23 Å². The molecule has 14 heavy (non-hydrogen) atoms. The summed E-state index contributed by atoms with van der Waals surface area (Å²) in [6, 6.07) is 8.56. The van der Waals surface area contributed by atoms with E-state index in [-0.39, 0.29) is 0 Å². The van der Waals surface area contributed by atoms with Gasteiger partial charge < -0.3 is 4.74 Å². The predicted molar refractivity (Wildman–Crippen MR) is 62.8 cm³/mol. The highest BCUT2D eigenvalue weighted by Gasteiger charge is 1.93. The van der Waals surface area contributed by atoms with E-state index in [4.69, 9.17) is 4.74 Å². The Labute approximate surface area is 90.9 Å². The molecular weight excluding hydrogens is 192 g/mol. The molecule has 1 rings (SSSR count). The molecular formula is C12H18OS. The highest BCUT2D eigenvalue weighted by molar-refractivity contribution is 7.98. The van der Waals surface area contributed by atoms with Gasteiger partial charge in [0.25, 0.3) is 0 Å². The van der Waals surface area contributed by atoms with Gasteiger partial charge in [0.05, 0.1) is 6.61 Å². The number of ether oxygens (including phenoxy) is 1. The first-order valence-electron chi connectivity index (χ1n) is 5.07. The minimum atomic E-state index is 0.745. The van der Waals surface area contributed by atoms with Crippen LogP contribution >= 0.6 is 11.8 Å². The summed E-state index contributed by atoms with van der Waals surface area (Å²) < 4.78 is 5.53. The molecule has 0 bridgehead atoms. The monoisotopic (exact) mass is 210 g/mol. The lowest BCUT2D eigenvalue weighted by atomic mass is 10.2. The fraction of sp³-hybridized carbons (Fsp3) is 0.500. The van der Waals surface area contributed by atoms with E-state index < -0.39 is 0 Å². The maximum atomic E-state index is 5.53. The Morgan fingerprint density at radius 1 is 1.21 bits per heavy atom. The molecule has 1 aromatic carbocycles. The molecule has 0 radical (unpaired) electrons. The van der Waals surface area contributed by atoms with Gasteiger partial charge in [-0.1, -0.05) is 25.5 Å². The summed E-state index contributed by atoms with van der Waals surface area (Å²) in [7, 11) is 0. The van der Waals surface area contributed by atoms with Crippen molar-refractivity contribution in [2.24, 2.45) is 0 Å². The zero-order chi connectivity index (χ0) is 10.2. The van der Waals surface area contributed by atoms with Crippen LogP contribution in [0.3, 0.4) is 0 Å². The summed E-state index contributed by atoms with van der Waals surface area (Å²) >= 11 is 1.77. The molecule has 78 valence electrons. The Morgan fingerprint density at radius 3 is 2.50 bits per heavy atom. The first-order chi connectivity index (χ1) is 6.86. The molecule has 0 aliphatic rings. The Kier molecular flexibility index (Phi) is 5.72. The van der Waals surface area contributed by atoms with Gasteiger partial charge in [0, 0.05) is 11.5 Å². The van der Waals surface area contributed by atoms with Crippen molar-refractivity contribution in [2.45, 2.75) is 31.3 Å². The second kappa shape index (κ2) is 6.91. The van der Waals surface area contributed by atoms with Gasteiger partial charge in [-0.05, 0) is 30.4 Å². The fourth-order valence-electron chi connectivity index (χ4n) is 1.16.